The molecule has 0 amide bonds. The quantitative estimate of drug-likeness (QED) is 0.641. The molecule has 0 aliphatic heterocycles. The van der Waals surface area contributed by atoms with Crippen molar-refractivity contribution in [2.45, 2.75) is 6.54 Å². The van der Waals surface area contributed by atoms with Crippen LogP contribution in [-0.2, 0) is 6.54 Å². The van der Waals surface area contributed by atoms with E-state index in [4.69, 9.17) is 21.1 Å². The predicted molar refractivity (Wildman–Crippen MR) is 97.9 cm³/mol. The van der Waals surface area contributed by atoms with Crippen molar-refractivity contribution < 1.29 is 9.47 Å². The summed E-state index contributed by atoms with van der Waals surface area (Å²) in [5.74, 6) is 1.11. The Morgan fingerprint density at radius 2 is 2.00 bits per heavy atom. The van der Waals surface area contributed by atoms with Crippen molar-refractivity contribution in [3.8, 4) is 17.6 Å². The highest BCUT2D eigenvalue weighted by Crippen LogP contribution is 2.33. The molecule has 0 saturated heterocycles. The van der Waals surface area contributed by atoms with E-state index >= 15 is 0 Å². The minimum atomic E-state index is 0.407. The number of para-hydroxylation sites is 2. The molecule has 0 fully saturated rings. The van der Waals surface area contributed by atoms with Crippen LogP contribution in [-0.4, -0.2) is 23.8 Å². The molecule has 0 N–H and O–H groups in total. The first-order valence-electron chi connectivity index (χ1n) is 7.58. The number of rotatable bonds is 5. The number of aromatic nitrogens is 2. The van der Waals surface area contributed by atoms with Crippen molar-refractivity contribution in [2.75, 3.05) is 14.2 Å². The van der Waals surface area contributed by atoms with E-state index in [0.717, 1.165) is 11.0 Å². The Kier molecular flexibility index (Phi) is 4.92. The second kappa shape index (κ2) is 7.29. The highest BCUT2D eigenvalue weighted by Gasteiger charge is 2.10. The third-order valence-corrected chi connectivity index (χ3v) is 4.14. The summed E-state index contributed by atoms with van der Waals surface area (Å²) in [7, 11) is 3.11. The molecule has 126 valence electrons. The standard InChI is InChI=1S/C19H16ClN3O2/c1-24-18-9-19(25-2)15(20)8-14(18)7-13(10-21)11-23-12-22-16-5-3-4-6-17(16)23/h3-9,12H,11H2,1-2H3/b13-7-. The molecule has 2 aromatic carbocycles. The molecule has 5 nitrogen and oxygen atoms in total. The van der Waals surface area contributed by atoms with Gasteiger partial charge in [0.1, 0.15) is 11.5 Å². The molecule has 0 saturated carbocycles. The molecule has 1 heterocycles. The minimum absolute atomic E-state index is 0.407. The van der Waals surface area contributed by atoms with E-state index < -0.39 is 0 Å². The predicted octanol–water partition coefficient (Wildman–Crippen LogP) is 4.31. The van der Waals surface area contributed by atoms with Gasteiger partial charge in [-0.3, -0.25) is 0 Å². The zero-order valence-corrected chi connectivity index (χ0v) is 14.6. The summed E-state index contributed by atoms with van der Waals surface area (Å²) in [4.78, 5) is 4.35. The van der Waals surface area contributed by atoms with E-state index in [1.807, 2.05) is 28.8 Å². The maximum atomic E-state index is 9.54. The van der Waals surface area contributed by atoms with Gasteiger partial charge in [0.15, 0.2) is 0 Å². The van der Waals surface area contributed by atoms with Gasteiger partial charge in [0.2, 0.25) is 0 Å². The number of methoxy groups -OCH3 is 2. The Balaban J connectivity index is 1.98. The molecular formula is C19H16ClN3O2. The molecule has 1 aromatic heterocycles. The van der Waals surface area contributed by atoms with Gasteiger partial charge < -0.3 is 14.0 Å². The first-order valence-corrected chi connectivity index (χ1v) is 7.96. The summed E-state index contributed by atoms with van der Waals surface area (Å²) in [6.07, 6.45) is 3.49. The Bertz CT molecular complexity index is 986. The lowest BCUT2D eigenvalue weighted by Crippen LogP contribution is -1.99. The van der Waals surface area contributed by atoms with Crippen molar-refractivity contribution in [2.24, 2.45) is 0 Å². The van der Waals surface area contributed by atoms with Gasteiger partial charge >= 0.3 is 0 Å². The lowest BCUT2D eigenvalue weighted by molar-refractivity contribution is 0.394. The monoisotopic (exact) mass is 353 g/mol. The molecule has 3 rings (SSSR count). The first-order chi connectivity index (χ1) is 12.2. The third kappa shape index (κ3) is 3.44. The van der Waals surface area contributed by atoms with Gasteiger partial charge in [0.25, 0.3) is 0 Å². The minimum Gasteiger partial charge on any atom is -0.496 e. The number of halogens is 1. The molecule has 0 radical (unpaired) electrons. The van der Waals surface area contributed by atoms with Gasteiger partial charge in [-0.25, -0.2) is 4.98 Å². The van der Waals surface area contributed by atoms with Crippen LogP contribution in [0.5, 0.6) is 11.5 Å². The van der Waals surface area contributed by atoms with E-state index in [1.165, 1.54) is 0 Å². The van der Waals surface area contributed by atoms with Crippen LogP contribution in [0.3, 0.4) is 0 Å². The van der Waals surface area contributed by atoms with E-state index in [-0.39, 0.29) is 0 Å². The molecule has 0 aliphatic rings. The molecular weight excluding hydrogens is 338 g/mol. The van der Waals surface area contributed by atoms with Crippen molar-refractivity contribution in [3.63, 3.8) is 0 Å². The highest BCUT2D eigenvalue weighted by molar-refractivity contribution is 6.32. The van der Waals surface area contributed by atoms with Crippen LogP contribution in [0.4, 0.5) is 0 Å². The number of nitrogens with zero attached hydrogens (tertiary/aromatic N) is 3. The Labute approximate surface area is 150 Å². The molecule has 0 aliphatic carbocycles. The molecule has 6 heteroatoms. The topological polar surface area (TPSA) is 60.1 Å². The van der Waals surface area contributed by atoms with Crippen LogP contribution in [0, 0.1) is 11.3 Å². The smallest absolute Gasteiger partial charge is 0.141 e. The summed E-state index contributed by atoms with van der Waals surface area (Å²) >= 11 is 6.20. The molecule has 0 unspecified atom stereocenters. The largest absolute Gasteiger partial charge is 0.496 e. The Morgan fingerprint density at radius 1 is 1.24 bits per heavy atom. The van der Waals surface area contributed by atoms with Crippen LogP contribution >= 0.6 is 11.6 Å². The summed E-state index contributed by atoms with van der Waals surface area (Å²) in [6.45, 7) is 0.407. The number of benzene rings is 2. The zero-order valence-electron chi connectivity index (χ0n) is 13.9. The van der Waals surface area contributed by atoms with Crippen LogP contribution < -0.4 is 9.47 Å². The highest BCUT2D eigenvalue weighted by atomic mass is 35.5. The van der Waals surface area contributed by atoms with Crippen LogP contribution in [0.25, 0.3) is 17.1 Å². The average molecular weight is 354 g/mol. The molecule has 25 heavy (non-hydrogen) atoms. The normalized spacial score (nSPS) is 11.4. The van der Waals surface area contributed by atoms with Crippen molar-refractivity contribution in [1.29, 1.82) is 5.26 Å². The number of imidazole rings is 1. The maximum absolute atomic E-state index is 9.54. The maximum Gasteiger partial charge on any atom is 0.141 e. The zero-order chi connectivity index (χ0) is 17.8. The number of hydrogen-bond donors (Lipinski definition) is 0. The van der Waals surface area contributed by atoms with Gasteiger partial charge in [0, 0.05) is 11.6 Å². The molecule has 0 atom stereocenters. The molecule has 3 aromatic rings. The van der Waals surface area contributed by atoms with E-state index in [9.17, 15) is 5.26 Å². The number of allylic oxidation sites excluding steroid dienone is 1. The van der Waals surface area contributed by atoms with Gasteiger partial charge in [-0.05, 0) is 24.3 Å². The fourth-order valence-electron chi connectivity index (χ4n) is 2.62. The van der Waals surface area contributed by atoms with Gasteiger partial charge in [-0.2, -0.15) is 5.26 Å². The van der Waals surface area contributed by atoms with E-state index in [0.29, 0.717) is 34.2 Å². The summed E-state index contributed by atoms with van der Waals surface area (Å²) in [6, 6.07) is 13.5. The SMILES string of the molecule is COc1cc(OC)c(/C=C(/C#N)Cn2cnc3ccccc32)cc1Cl. The first kappa shape index (κ1) is 16.9. The Morgan fingerprint density at radius 3 is 2.72 bits per heavy atom. The van der Waals surface area contributed by atoms with Crippen molar-refractivity contribution >= 4 is 28.7 Å². The van der Waals surface area contributed by atoms with Crippen LogP contribution in [0.2, 0.25) is 5.02 Å². The summed E-state index contributed by atoms with van der Waals surface area (Å²) < 4.78 is 12.5. The lowest BCUT2D eigenvalue weighted by atomic mass is 10.1. The van der Waals surface area contributed by atoms with E-state index in [1.54, 1.807) is 38.8 Å². The van der Waals surface area contributed by atoms with Gasteiger partial charge in [-0.15, -0.1) is 0 Å². The molecule has 0 bridgehead atoms. The second-order valence-corrected chi connectivity index (χ2v) is 5.78. The number of hydrogen-bond acceptors (Lipinski definition) is 4. The average Bonchev–Trinajstić information content (AvgIpc) is 3.04. The van der Waals surface area contributed by atoms with Crippen molar-refractivity contribution in [3.05, 3.63) is 58.9 Å². The van der Waals surface area contributed by atoms with Gasteiger partial charge in [-0.1, -0.05) is 23.7 Å². The summed E-state index contributed by atoms with van der Waals surface area (Å²) in [5, 5.41) is 10.00. The lowest BCUT2D eigenvalue weighted by Gasteiger charge is -2.10. The number of fused-ring (bicyclic) bond motifs is 1. The second-order valence-electron chi connectivity index (χ2n) is 5.37. The number of nitriles is 1. The molecule has 0 spiro atoms. The van der Waals surface area contributed by atoms with Gasteiger partial charge in [0.05, 0.1) is 54.8 Å². The fraction of sp³-hybridized carbons (Fsp3) is 0.158. The van der Waals surface area contributed by atoms with E-state index in [2.05, 4.69) is 11.1 Å². The fourth-order valence-corrected chi connectivity index (χ4v) is 2.87. The van der Waals surface area contributed by atoms with Crippen molar-refractivity contribution in [1.82, 2.24) is 9.55 Å². The third-order valence-electron chi connectivity index (χ3n) is 3.85. The van der Waals surface area contributed by atoms with Crippen LogP contribution in [0.1, 0.15) is 5.56 Å². The summed E-state index contributed by atoms with van der Waals surface area (Å²) in [5.41, 5.74) is 3.14. The van der Waals surface area contributed by atoms with Crippen LogP contribution in [0.15, 0.2) is 48.3 Å². The number of ether oxygens (including phenoxy) is 2. The Hall–Kier alpha value is -2.97.